The van der Waals surface area contributed by atoms with E-state index < -0.39 is 17.7 Å². The highest BCUT2D eigenvalue weighted by Gasteiger charge is 2.48. The predicted octanol–water partition coefficient (Wildman–Crippen LogP) is 2.65. The second-order valence-electron chi connectivity index (χ2n) is 4.89. The fourth-order valence-corrected chi connectivity index (χ4v) is 2.32. The summed E-state index contributed by atoms with van der Waals surface area (Å²) in [5.41, 5.74) is -0.662. The number of hydrogen-bond donors (Lipinski definition) is 0. The van der Waals surface area contributed by atoms with Crippen molar-refractivity contribution in [3.63, 3.8) is 0 Å². The van der Waals surface area contributed by atoms with E-state index in [4.69, 9.17) is 4.74 Å². The lowest BCUT2D eigenvalue weighted by molar-refractivity contribution is -0.274. The van der Waals surface area contributed by atoms with E-state index in [0.717, 1.165) is 12.1 Å². The molecule has 1 aliphatic heterocycles. The Kier molecular flexibility index (Phi) is 3.93. The normalized spacial score (nSPS) is 22.0. The molecule has 114 valence electrons. The van der Waals surface area contributed by atoms with Gasteiger partial charge in [-0.3, -0.25) is 9.59 Å². The van der Waals surface area contributed by atoms with Crippen LogP contribution in [0.3, 0.4) is 0 Å². The Morgan fingerprint density at radius 1 is 1.33 bits per heavy atom. The van der Waals surface area contributed by atoms with Gasteiger partial charge in [0.15, 0.2) is 0 Å². The maximum Gasteiger partial charge on any atom is 0.573 e. The zero-order chi connectivity index (χ0) is 15.7. The highest BCUT2D eigenvalue weighted by atomic mass is 19.4. The quantitative estimate of drug-likeness (QED) is 0.634. The Balaban J connectivity index is 2.16. The molecule has 1 aromatic rings. The van der Waals surface area contributed by atoms with Crippen LogP contribution in [-0.4, -0.2) is 24.7 Å². The Labute approximate surface area is 118 Å². The molecule has 0 aromatic heterocycles. The van der Waals surface area contributed by atoms with E-state index in [2.05, 4.69) is 4.74 Å². The van der Waals surface area contributed by atoms with Gasteiger partial charge >= 0.3 is 12.3 Å². The molecule has 0 saturated carbocycles. The lowest BCUT2D eigenvalue weighted by Gasteiger charge is -2.21. The van der Waals surface area contributed by atoms with E-state index in [1.807, 2.05) is 0 Å². The molecular weight excluding hydrogens is 289 g/mol. The molecule has 0 radical (unpaired) electrons. The van der Waals surface area contributed by atoms with Crippen molar-refractivity contribution in [1.29, 1.82) is 0 Å². The summed E-state index contributed by atoms with van der Waals surface area (Å²) in [5.74, 6) is -1.23. The minimum absolute atomic E-state index is 0.105. The lowest BCUT2D eigenvalue weighted by atomic mass is 9.77. The van der Waals surface area contributed by atoms with Gasteiger partial charge in [-0.2, -0.15) is 0 Å². The predicted molar refractivity (Wildman–Crippen MR) is 65.5 cm³/mol. The number of esters is 1. The average Bonchev–Trinajstić information content (AvgIpc) is 2.73. The molecule has 0 amide bonds. The van der Waals surface area contributed by atoms with Crippen molar-refractivity contribution in [1.82, 2.24) is 0 Å². The zero-order valence-corrected chi connectivity index (χ0v) is 11.2. The molecule has 1 aliphatic rings. The van der Waals surface area contributed by atoms with E-state index in [1.54, 1.807) is 0 Å². The molecule has 1 fully saturated rings. The molecule has 0 bridgehead atoms. The van der Waals surface area contributed by atoms with Gasteiger partial charge in [-0.05, 0) is 31.0 Å². The summed E-state index contributed by atoms with van der Waals surface area (Å²) < 4.78 is 44.8. The van der Waals surface area contributed by atoms with Crippen molar-refractivity contribution >= 4 is 11.8 Å². The monoisotopic (exact) mass is 302 g/mol. The van der Waals surface area contributed by atoms with Gasteiger partial charge in [0, 0.05) is 6.42 Å². The molecule has 1 atom stereocenters. The van der Waals surface area contributed by atoms with Crippen LogP contribution >= 0.6 is 0 Å². The second kappa shape index (κ2) is 5.38. The van der Waals surface area contributed by atoms with Gasteiger partial charge in [0.1, 0.15) is 16.9 Å². The van der Waals surface area contributed by atoms with Crippen molar-refractivity contribution < 1.29 is 32.2 Å². The molecule has 0 spiro atoms. The fourth-order valence-electron chi connectivity index (χ4n) is 2.32. The van der Waals surface area contributed by atoms with Crippen molar-refractivity contribution in [2.45, 2.75) is 26.1 Å². The summed E-state index contributed by atoms with van der Waals surface area (Å²) >= 11 is 0. The van der Waals surface area contributed by atoms with Gasteiger partial charge in [0.2, 0.25) is 0 Å². The standard InChI is InChI=1S/C14H13F3O4/c1-9(18)13(6-7-20-12(13)19)8-10-2-4-11(5-3-10)21-14(15,16)17/h2-5H,6-8H2,1H3. The lowest BCUT2D eigenvalue weighted by Crippen LogP contribution is -2.36. The molecule has 0 N–H and O–H groups in total. The van der Waals surface area contributed by atoms with Crippen LogP contribution in [0.25, 0.3) is 0 Å². The molecule has 1 unspecified atom stereocenters. The first-order chi connectivity index (χ1) is 9.73. The number of Topliss-reactive ketones (excluding diaryl/α,β-unsaturated/α-hetero) is 1. The van der Waals surface area contributed by atoms with Gasteiger partial charge in [-0.1, -0.05) is 12.1 Å². The van der Waals surface area contributed by atoms with Crippen LogP contribution in [-0.2, 0) is 20.7 Å². The minimum Gasteiger partial charge on any atom is -0.465 e. The van der Waals surface area contributed by atoms with Crippen LogP contribution in [0.5, 0.6) is 5.75 Å². The van der Waals surface area contributed by atoms with Gasteiger partial charge in [-0.25, -0.2) is 0 Å². The Bertz CT molecular complexity index is 550. The number of benzene rings is 1. The molecular formula is C14H13F3O4. The first-order valence-corrected chi connectivity index (χ1v) is 6.26. The third kappa shape index (κ3) is 3.34. The number of hydrogen-bond acceptors (Lipinski definition) is 4. The highest BCUT2D eigenvalue weighted by Crippen LogP contribution is 2.35. The zero-order valence-electron chi connectivity index (χ0n) is 11.2. The van der Waals surface area contributed by atoms with Crippen molar-refractivity contribution in [2.75, 3.05) is 6.61 Å². The van der Waals surface area contributed by atoms with Crippen LogP contribution < -0.4 is 4.74 Å². The van der Waals surface area contributed by atoms with E-state index in [0.29, 0.717) is 5.56 Å². The average molecular weight is 302 g/mol. The number of carbonyl (C=O) groups excluding carboxylic acids is 2. The molecule has 1 saturated heterocycles. The van der Waals surface area contributed by atoms with E-state index in [-0.39, 0.29) is 31.0 Å². The minimum atomic E-state index is -4.75. The topological polar surface area (TPSA) is 52.6 Å². The van der Waals surface area contributed by atoms with Crippen molar-refractivity contribution in [3.8, 4) is 5.75 Å². The number of ether oxygens (including phenoxy) is 2. The van der Waals surface area contributed by atoms with Crippen LogP contribution in [0, 0.1) is 5.41 Å². The molecule has 7 heteroatoms. The van der Waals surface area contributed by atoms with Gasteiger partial charge in [0.05, 0.1) is 6.61 Å². The van der Waals surface area contributed by atoms with Crippen LogP contribution in [0.1, 0.15) is 18.9 Å². The summed E-state index contributed by atoms with van der Waals surface area (Å²) in [7, 11) is 0. The van der Waals surface area contributed by atoms with Crippen molar-refractivity contribution in [2.24, 2.45) is 5.41 Å². The second-order valence-corrected chi connectivity index (χ2v) is 4.89. The molecule has 21 heavy (non-hydrogen) atoms. The number of halogens is 3. The van der Waals surface area contributed by atoms with Gasteiger partial charge in [-0.15, -0.1) is 13.2 Å². The van der Waals surface area contributed by atoms with Crippen LogP contribution in [0.4, 0.5) is 13.2 Å². The summed E-state index contributed by atoms with van der Waals surface area (Å²) in [6.07, 6.45) is -4.37. The SMILES string of the molecule is CC(=O)C1(Cc2ccc(OC(F)(F)F)cc2)CCOC1=O. The molecule has 1 aromatic carbocycles. The summed E-state index contributed by atoms with van der Waals surface area (Å²) in [6, 6.07) is 5.10. The maximum atomic E-state index is 12.1. The Hall–Kier alpha value is -2.05. The molecule has 1 heterocycles. The molecule has 2 rings (SSSR count). The fraction of sp³-hybridized carbons (Fsp3) is 0.429. The summed E-state index contributed by atoms with van der Waals surface area (Å²) in [6.45, 7) is 1.49. The molecule has 0 aliphatic carbocycles. The van der Waals surface area contributed by atoms with E-state index >= 15 is 0 Å². The third-order valence-electron chi connectivity index (χ3n) is 3.49. The number of carbonyl (C=O) groups is 2. The smallest absolute Gasteiger partial charge is 0.465 e. The summed E-state index contributed by atoms with van der Waals surface area (Å²) in [5, 5.41) is 0. The largest absolute Gasteiger partial charge is 0.573 e. The Morgan fingerprint density at radius 2 is 1.95 bits per heavy atom. The molecule has 4 nitrogen and oxygen atoms in total. The Morgan fingerprint density at radius 3 is 2.38 bits per heavy atom. The van der Waals surface area contributed by atoms with Gasteiger partial charge < -0.3 is 9.47 Å². The number of ketones is 1. The van der Waals surface area contributed by atoms with E-state index in [9.17, 15) is 22.8 Å². The number of cyclic esters (lactones) is 1. The van der Waals surface area contributed by atoms with Crippen molar-refractivity contribution in [3.05, 3.63) is 29.8 Å². The van der Waals surface area contributed by atoms with Crippen LogP contribution in [0.15, 0.2) is 24.3 Å². The van der Waals surface area contributed by atoms with E-state index in [1.165, 1.54) is 19.1 Å². The van der Waals surface area contributed by atoms with Gasteiger partial charge in [0.25, 0.3) is 0 Å². The first kappa shape index (κ1) is 15.3. The highest BCUT2D eigenvalue weighted by molar-refractivity contribution is 6.04. The first-order valence-electron chi connectivity index (χ1n) is 6.26. The maximum absolute atomic E-state index is 12.1. The summed E-state index contributed by atoms with van der Waals surface area (Å²) in [4.78, 5) is 23.5. The number of rotatable bonds is 4. The van der Waals surface area contributed by atoms with Crippen LogP contribution in [0.2, 0.25) is 0 Å². The number of alkyl halides is 3. The third-order valence-corrected chi connectivity index (χ3v) is 3.49.